The van der Waals surface area contributed by atoms with Crippen LogP contribution in [0, 0.1) is 0 Å². The first-order valence-corrected chi connectivity index (χ1v) is 15.4. The molecule has 0 fully saturated rings. The van der Waals surface area contributed by atoms with Crippen LogP contribution in [-0.4, -0.2) is 43.6 Å². The number of carbonyl (C=O) groups excluding carboxylic acids is 1. The first-order valence-electron chi connectivity index (χ1n) is 13.5. The van der Waals surface area contributed by atoms with Crippen molar-refractivity contribution in [2.75, 3.05) is 13.2 Å². The van der Waals surface area contributed by atoms with E-state index in [1.807, 2.05) is 30.3 Å². The molecule has 0 spiro atoms. The van der Waals surface area contributed by atoms with Crippen LogP contribution in [-0.2, 0) is 27.5 Å². The van der Waals surface area contributed by atoms with Gasteiger partial charge in [0.15, 0.2) is 0 Å². The third-order valence-electron chi connectivity index (χ3n) is 6.93. The molecule has 0 aliphatic heterocycles. The van der Waals surface area contributed by atoms with Crippen LogP contribution in [0.3, 0.4) is 0 Å². The molecule has 0 heterocycles. The quantitative estimate of drug-likeness (QED) is 0.189. The highest BCUT2D eigenvalue weighted by molar-refractivity contribution is 7.91. The normalized spacial score (nSPS) is 13.1. The number of esters is 1. The first kappa shape index (κ1) is 30.5. The number of ether oxygens (including phenoxy) is 1. The predicted molar refractivity (Wildman–Crippen MR) is 161 cm³/mol. The second-order valence-corrected chi connectivity index (χ2v) is 12.3. The largest absolute Gasteiger partial charge is 0.462 e. The molecule has 0 amide bonds. The van der Waals surface area contributed by atoms with E-state index in [9.17, 15) is 18.3 Å². The van der Waals surface area contributed by atoms with Crippen molar-refractivity contribution < 1.29 is 23.1 Å². The van der Waals surface area contributed by atoms with Gasteiger partial charge >= 0.3 is 5.97 Å². The van der Waals surface area contributed by atoms with Crippen molar-refractivity contribution in [2.24, 2.45) is 0 Å². The van der Waals surface area contributed by atoms with Gasteiger partial charge in [-0.15, -0.1) is 0 Å². The third kappa shape index (κ3) is 7.83. The van der Waals surface area contributed by atoms with E-state index in [4.69, 9.17) is 16.3 Å². The molecule has 6 nitrogen and oxygen atoms in total. The molecule has 4 aromatic rings. The zero-order valence-electron chi connectivity index (χ0n) is 23.1. The fourth-order valence-electron chi connectivity index (χ4n) is 4.74. The van der Waals surface area contributed by atoms with Gasteiger partial charge in [0.1, 0.15) is 0 Å². The van der Waals surface area contributed by atoms with E-state index in [0.29, 0.717) is 24.5 Å². The molecule has 0 aromatic heterocycles. The average Bonchev–Trinajstić information content (AvgIpc) is 2.97. The molecular weight excluding hydrogens is 558 g/mol. The van der Waals surface area contributed by atoms with Crippen LogP contribution in [0.1, 0.15) is 47.0 Å². The minimum Gasteiger partial charge on any atom is -0.462 e. The second kappa shape index (κ2) is 13.9. The monoisotopic (exact) mass is 591 g/mol. The van der Waals surface area contributed by atoms with Crippen LogP contribution in [0.15, 0.2) is 113 Å². The Balaban J connectivity index is 1.53. The number of aliphatic hydroxyl groups is 1. The molecule has 4 rings (SSSR count). The van der Waals surface area contributed by atoms with Gasteiger partial charge in [0.25, 0.3) is 0 Å². The minimum absolute atomic E-state index is 0.0156. The summed E-state index contributed by atoms with van der Waals surface area (Å²) in [6, 6.07) is 30.1. The Hall–Kier alpha value is -3.49. The van der Waals surface area contributed by atoms with E-state index in [0.717, 1.165) is 16.7 Å². The maximum atomic E-state index is 13.4. The summed E-state index contributed by atoms with van der Waals surface area (Å²) in [4.78, 5) is 14.6. The summed E-state index contributed by atoms with van der Waals surface area (Å²) in [5, 5.41) is 11.6. The van der Waals surface area contributed by atoms with Crippen molar-refractivity contribution in [1.82, 2.24) is 4.90 Å². The van der Waals surface area contributed by atoms with E-state index in [1.54, 1.807) is 55.5 Å². The van der Waals surface area contributed by atoms with Gasteiger partial charge in [0.2, 0.25) is 9.84 Å². The summed E-state index contributed by atoms with van der Waals surface area (Å²) in [5.74, 6) is -0.671. The average molecular weight is 592 g/mol. The van der Waals surface area contributed by atoms with Gasteiger partial charge in [0.05, 0.1) is 28.1 Å². The van der Waals surface area contributed by atoms with Gasteiger partial charge in [-0.1, -0.05) is 78.3 Å². The lowest BCUT2D eigenvalue weighted by atomic mass is 10.0. The Labute approximate surface area is 247 Å². The third-order valence-corrected chi connectivity index (χ3v) is 8.99. The van der Waals surface area contributed by atoms with E-state index in [2.05, 4.69) is 24.0 Å². The number of aliphatic hydroxyl groups excluding tert-OH is 1. The van der Waals surface area contributed by atoms with Gasteiger partial charge in [-0.2, -0.15) is 0 Å². The van der Waals surface area contributed by atoms with E-state index in [-0.39, 0.29) is 28.0 Å². The molecule has 4 aromatic carbocycles. The van der Waals surface area contributed by atoms with E-state index < -0.39 is 21.9 Å². The van der Waals surface area contributed by atoms with Gasteiger partial charge in [-0.3, -0.25) is 4.90 Å². The number of halogens is 1. The molecule has 0 unspecified atom stereocenters. The minimum atomic E-state index is -3.94. The molecule has 41 heavy (non-hydrogen) atoms. The van der Waals surface area contributed by atoms with E-state index in [1.165, 1.54) is 12.1 Å². The van der Waals surface area contributed by atoms with Crippen LogP contribution in [0.4, 0.5) is 0 Å². The number of carbonyl (C=O) groups is 1. The van der Waals surface area contributed by atoms with Gasteiger partial charge in [-0.05, 0) is 73.4 Å². The molecule has 8 heteroatoms. The molecule has 2 atom stereocenters. The van der Waals surface area contributed by atoms with Crippen molar-refractivity contribution in [1.29, 1.82) is 0 Å². The summed E-state index contributed by atoms with van der Waals surface area (Å²) in [6.07, 6.45) is -0.0960. The first-order chi connectivity index (χ1) is 19.7. The van der Waals surface area contributed by atoms with Crippen LogP contribution >= 0.6 is 11.6 Å². The molecule has 214 valence electrons. The Morgan fingerprint density at radius 3 is 2.27 bits per heavy atom. The Morgan fingerprint density at radius 2 is 1.59 bits per heavy atom. The second-order valence-electron chi connectivity index (χ2n) is 9.90. The van der Waals surface area contributed by atoms with Crippen LogP contribution < -0.4 is 0 Å². The zero-order chi connectivity index (χ0) is 29.4. The highest BCUT2D eigenvalue weighted by Gasteiger charge is 2.25. The van der Waals surface area contributed by atoms with E-state index >= 15 is 0 Å². The fraction of sp³-hybridized carbons (Fsp3) is 0.242. The maximum absolute atomic E-state index is 13.4. The summed E-state index contributed by atoms with van der Waals surface area (Å²) in [6.45, 7) is 4.95. The van der Waals surface area contributed by atoms with Crippen molar-refractivity contribution >= 4 is 27.4 Å². The molecule has 0 saturated carbocycles. The lowest BCUT2D eigenvalue weighted by molar-refractivity contribution is 0.0522. The number of nitrogens with zero attached hydrogens (tertiary/aromatic N) is 1. The van der Waals surface area contributed by atoms with Crippen LogP contribution in [0.25, 0.3) is 0 Å². The Morgan fingerprint density at radius 1 is 0.902 bits per heavy atom. The van der Waals surface area contributed by atoms with Gasteiger partial charge in [0, 0.05) is 24.2 Å². The van der Waals surface area contributed by atoms with Crippen molar-refractivity contribution in [3.63, 3.8) is 0 Å². The molecule has 0 bridgehead atoms. The van der Waals surface area contributed by atoms with Crippen LogP contribution in [0.2, 0.25) is 5.02 Å². The summed E-state index contributed by atoms with van der Waals surface area (Å²) >= 11 is 6.16. The zero-order valence-corrected chi connectivity index (χ0v) is 24.7. The number of rotatable bonds is 12. The Bertz CT molecular complexity index is 1560. The number of sulfone groups is 1. The SMILES string of the molecule is CCOC(=O)c1ccccc1S(=O)(=O)c1ccc(C[C@@H](C)N(Cc2ccccc2)C[C@@H](O)c2cccc(Cl)c2)cc1. The molecular formula is C33H34ClNO5S. The lowest BCUT2D eigenvalue weighted by Crippen LogP contribution is -2.37. The summed E-state index contributed by atoms with van der Waals surface area (Å²) in [5.41, 5.74) is 2.84. The number of hydrogen-bond donors (Lipinski definition) is 1. The van der Waals surface area contributed by atoms with Gasteiger partial charge in [-0.25, -0.2) is 13.2 Å². The number of benzene rings is 4. The highest BCUT2D eigenvalue weighted by Crippen LogP contribution is 2.26. The van der Waals surface area contributed by atoms with Crippen LogP contribution in [0.5, 0.6) is 0 Å². The molecule has 0 aliphatic rings. The maximum Gasteiger partial charge on any atom is 0.339 e. The summed E-state index contributed by atoms with van der Waals surface area (Å²) < 4.78 is 31.9. The lowest BCUT2D eigenvalue weighted by Gasteiger charge is -2.31. The molecule has 0 saturated heterocycles. The topological polar surface area (TPSA) is 83.9 Å². The van der Waals surface area contributed by atoms with Gasteiger partial charge < -0.3 is 9.84 Å². The number of hydrogen-bond acceptors (Lipinski definition) is 6. The van der Waals surface area contributed by atoms with Crippen molar-refractivity contribution in [3.05, 3.63) is 130 Å². The van der Waals surface area contributed by atoms with Crippen molar-refractivity contribution in [2.45, 2.75) is 48.7 Å². The predicted octanol–water partition coefficient (Wildman–Crippen LogP) is 6.52. The fourth-order valence-corrected chi connectivity index (χ4v) is 6.39. The standard InChI is InChI=1S/C33H34ClNO5S/c1-3-40-33(37)30-14-7-8-15-32(30)41(38,39)29-18-16-25(17-19-29)20-24(2)35(22-26-10-5-4-6-11-26)23-31(36)27-12-9-13-28(34)21-27/h4-19,21,24,31,36H,3,20,22-23H2,1-2H3/t24-,31-/m1/s1. The molecule has 0 radical (unpaired) electrons. The molecule has 0 aliphatic carbocycles. The van der Waals surface area contributed by atoms with Crippen molar-refractivity contribution in [3.8, 4) is 0 Å². The smallest absolute Gasteiger partial charge is 0.339 e. The summed E-state index contributed by atoms with van der Waals surface area (Å²) in [7, 11) is -3.94. The highest BCUT2D eigenvalue weighted by atomic mass is 35.5. The Kier molecular flexibility index (Phi) is 10.3. The molecule has 1 N–H and O–H groups in total.